The van der Waals surface area contributed by atoms with E-state index in [1.165, 1.54) is 0 Å². The molecule has 5 heterocycles. The number of nitrogens with zero attached hydrogens (tertiary/aromatic N) is 4. The molecule has 2 aliphatic heterocycles. The summed E-state index contributed by atoms with van der Waals surface area (Å²) in [5, 5.41) is 22.9. The van der Waals surface area contributed by atoms with Crippen LogP contribution >= 0.6 is 11.3 Å². The summed E-state index contributed by atoms with van der Waals surface area (Å²) in [4.78, 5) is 13.2. The maximum absolute atomic E-state index is 11.3. The highest BCUT2D eigenvalue weighted by Gasteiger charge is 2.34. The number of morpholine rings is 1. The molecule has 0 spiro atoms. The molecule has 0 amide bonds. The lowest BCUT2D eigenvalue weighted by Gasteiger charge is -2.31. The number of aromatic amines is 1. The Morgan fingerprint density at radius 3 is 2.81 bits per heavy atom. The molecule has 6 rings (SSSR count). The molecule has 2 aliphatic rings. The predicted octanol–water partition coefficient (Wildman–Crippen LogP) is 2.64. The van der Waals surface area contributed by atoms with Crippen LogP contribution in [-0.2, 0) is 10.3 Å². The van der Waals surface area contributed by atoms with Gasteiger partial charge in [0, 0.05) is 28.9 Å². The van der Waals surface area contributed by atoms with E-state index in [4.69, 9.17) is 14.7 Å². The van der Waals surface area contributed by atoms with Gasteiger partial charge in [-0.05, 0) is 38.1 Å². The summed E-state index contributed by atoms with van der Waals surface area (Å²) in [5.41, 5.74) is 2.00. The highest BCUT2D eigenvalue weighted by atomic mass is 32.1. The minimum atomic E-state index is -0.802. The van der Waals surface area contributed by atoms with Crippen LogP contribution in [0.15, 0.2) is 30.5 Å². The van der Waals surface area contributed by atoms with Crippen molar-refractivity contribution in [2.45, 2.75) is 18.4 Å². The Balaban J connectivity index is 1.54. The second-order valence-electron chi connectivity index (χ2n) is 8.21. The van der Waals surface area contributed by atoms with Crippen LogP contribution in [0.3, 0.4) is 0 Å². The lowest BCUT2D eigenvalue weighted by molar-refractivity contribution is 0.00950. The Morgan fingerprint density at radius 1 is 1.13 bits per heavy atom. The number of nitrogens with one attached hydrogen (secondary N) is 2. The standard InChI is InChI=1S/C22H24N6O2S/c29-22(4-6-23-7-5-22)18-12-17-19(31-18)21(28-8-10-30-11-9-28)26-20(25-17)14-2-1-3-16-15(14)13-24-27-16/h1-3,12-13,23,29H,4-11H2,(H,24,27). The van der Waals surface area contributed by atoms with Gasteiger partial charge in [0.1, 0.15) is 5.60 Å². The molecule has 0 radical (unpaired) electrons. The van der Waals surface area contributed by atoms with E-state index in [-0.39, 0.29) is 0 Å². The van der Waals surface area contributed by atoms with E-state index in [1.807, 2.05) is 24.4 Å². The van der Waals surface area contributed by atoms with Gasteiger partial charge in [0.2, 0.25) is 0 Å². The Labute approximate surface area is 183 Å². The van der Waals surface area contributed by atoms with Gasteiger partial charge in [-0.2, -0.15) is 5.10 Å². The van der Waals surface area contributed by atoms with E-state index in [0.717, 1.165) is 63.6 Å². The van der Waals surface area contributed by atoms with Crippen LogP contribution in [0.2, 0.25) is 0 Å². The number of thiophene rings is 1. The van der Waals surface area contributed by atoms with E-state index < -0.39 is 5.60 Å². The normalized spacial score (nSPS) is 19.3. The molecule has 0 atom stereocenters. The quantitative estimate of drug-likeness (QED) is 0.454. The number of hydrogen-bond donors (Lipinski definition) is 3. The third-order valence-electron chi connectivity index (χ3n) is 6.28. The van der Waals surface area contributed by atoms with E-state index in [0.29, 0.717) is 31.9 Å². The van der Waals surface area contributed by atoms with Gasteiger partial charge in [0.15, 0.2) is 11.6 Å². The topological polar surface area (TPSA) is 99.2 Å². The van der Waals surface area contributed by atoms with E-state index in [1.54, 1.807) is 11.3 Å². The summed E-state index contributed by atoms with van der Waals surface area (Å²) in [7, 11) is 0. The van der Waals surface area contributed by atoms with Gasteiger partial charge in [-0.25, -0.2) is 9.97 Å². The largest absolute Gasteiger partial charge is 0.384 e. The zero-order chi connectivity index (χ0) is 20.8. The molecule has 160 valence electrons. The van der Waals surface area contributed by atoms with Gasteiger partial charge in [-0.15, -0.1) is 11.3 Å². The van der Waals surface area contributed by atoms with Crippen molar-refractivity contribution in [3.63, 3.8) is 0 Å². The van der Waals surface area contributed by atoms with Crippen molar-refractivity contribution in [2.24, 2.45) is 0 Å². The van der Waals surface area contributed by atoms with Gasteiger partial charge in [-0.1, -0.05) is 12.1 Å². The van der Waals surface area contributed by atoms with Crippen molar-refractivity contribution in [3.05, 3.63) is 35.3 Å². The Bertz CT molecular complexity index is 1240. The number of rotatable bonds is 3. The number of hydrogen-bond acceptors (Lipinski definition) is 8. The molecular formula is C22H24N6O2S. The van der Waals surface area contributed by atoms with Gasteiger partial charge < -0.3 is 20.1 Å². The zero-order valence-electron chi connectivity index (χ0n) is 17.1. The molecule has 0 saturated carbocycles. The molecule has 4 aromatic rings. The molecule has 8 nitrogen and oxygen atoms in total. The Morgan fingerprint density at radius 2 is 1.97 bits per heavy atom. The van der Waals surface area contributed by atoms with Gasteiger partial charge in [-0.3, -0.25) is 5.10 Å². The van der Waals surface area contributed by atoms with Crippen LogP contribution in [-0.4, -0.2) is 64.7 Å². The molecule has 9 heteroatoms. The van der Waals surface area contributed by atoms with Crippen molar-refractivity contribution >= 4 is 38.3 Å². The number of ether oxygens (including phenoxy) is 1. The molecule has 0 bridgehead atoms. The first-order valence-electron chi connectivity index (χ1n) is 10.7. The molecule has 1 aromatic carbocycles. The lowest BCUT2D eigenvalue weighted by Crippen LogP contribution is -2.39. The number of fused-ring (bicyclic) bond motifs is 2. The van der Waals surface area contributed by atoms with Gasteiger partial charge in [0.05, 0.1) is 35.1 Å². The van der Waals surface area contributed by atoms with Crippen molar-refractivity contribution in [1.29, 1.82) is 0 Å². The van der Waals surface area contributed by atoms with Gasteiger partial charge in [0.25, 0.3) is 0 Å². The number of H-pyrrole nitrogens is 1. The first-order chi connectivity index (χ1) is 15.2. The minimum Gasteiger partial charge on any atom is -0.384 e. The highest BCUT2D eigenvalue weighted by Crippen LogP contribution is 2.42. The van der Waals surface area contributed by atoms with Crippen LogP contribution in [0.4, 0.5) is 5.82 Å². The number of anilines is 1. The summed E-state index contributed by atoms with van der Waals surface area (Å²) in [6, 6.07) is 8.10. The fraction of sp³-hybridized carbons (Fsp3) is 0.409. The van der Waals surface area contributed by atoms with Crippen molar-refractivity contribution < 1.29 is 9.84 Å². The van der Waals surface area contributed by atoms with Crippen LogP contribution in [0, 0.1) is 0 Å². The van der Waals surface area contributed by atoms with Crippen LogP contribution in [0.25, 0.3) is 32.5 Å². The van der Waals surface area contributed by atoms with Crippen LogP contribution < -0.4 is 10.2 Å². The average Bonchev–Trinajstić information content (AvgIpc) is 3.47. The summed E-state index contributed by atoms with van der Waals surface area (Å²) >= 11 is 1.63. The van der Waals surface area contributed by atoms with E-state index >= 15 is 0 Å². The Hall–Kier alpha value is -2.59. The number of piperidine rings is 1. The predicted molar refractivity (Wildman–Crippen MR) is 122 cm³/mol. The monoisotopic (exact) mass is 436 g/mol. The fourth-order valence-corrected chi connectivity index (χ4v) is 5.76. The molecule has 3 N–H and O–H groups in total. The lowest BCUT2D eigenvalue weighted by atomic mass is 9.91. The SMILES string of the molecule is OC1(c2cc3nc(-c4cccc5[nH]ncc45)nc(N4CCOCC4)c3s2)CCNCC1. The van der Waals surface area contributed by atoms with Gasteiger partial charge >= 0.3 is 0 Å². The molecular weight excluding hydrogens is 412 g/mol. The fourth-order valence-electron chi connectivity index (χ4n) is 4.50. The van der Waals surface area contributed by atoms with Crippen molar-refractivity contribution in [3.8, 4) is 11.4 Å². The minimum absolute atomic E-state index is 0.683. The molecule has 0 unspecified atom stereocenters. The summed E-state index contributed by atoms with van der Waals surface area (Å²) in [6.45, 7) is 4.60. The number of aliphatic hydroxyl groups is 1. The van der Waals surface area contributed by atoms with Crippen molar-refractivity contribution in [1.82, 2.24) is 25.5 Å². The molecule has 2 fully saturated rings. The highest BCUT2D eigenvalue weighted by molar-refractivity contribution is 7.19. The first kappa shape index (κ1) is 19.1. The van der Waals surface area contributed by atoms with Crippen LogP contribution in [0.1, 0.15) is 17.7 Å². The second kappa shape index (κ2) is 7.52. The molecule has 2 saturated heterocycles. The maximum atomic E-state index is 11.3. The van der Waals surface area contributed by atoms with E-state index in [2.05, 4.69) is 26.5 Å². The summed E-state index contributed by atoms with van der Waals surface area (Å²) in [6.07, 6.45) is 3.24. The van der Waals surface area contributed by atoms with Crippen LogP contribution in [0.5, 0.6) is 0 Å². The molecule has 0 aliphatic carbocycles. The smallest absolute Gasteiger partial charge is 0.162 e. The number of aromatic nitrogens is 4. The second-order valence-corrected chi connectivity index (χ2v) is 9.27. The molecule has 3 aromatic heterocycles. The van der Waals surface area contributed by atoms with E-state index in [9.17, 15) is 5.11 Å². The summed E-state index contributed by atoms with van der Waals surface area (Å²) < 4.78 is 6.61. The Kier molecular flexibility index (Phi) is 4.64. The number of benzene rings is 1. The maximum Gasteiger partial charge on any atom is 0.162 e. The first-order valence-corrected chi connectivity index (χ1v) is 11.5. The molecule has 31 heavy (non-hydrogen) atoms. The van der Waals surface area contributed by atoms with Crippen molar-refractivity contribution in [2.75, 3.05) is 44.3 Å². The average molecular weight is 437 g/mol. The third kappa shape index (κ3) is 3.28. The zero-order valence-corrected chi connectivity index (χ0v) is 17.9. The summed E-state index contributed by atoms with van der Waals surface area (Å²) in [5.74, 6) is 1.61. The third-order valence-corrected chi connectivity index (χ3v) is 7.59.